The van der Waals surface area contributed by atoms with Crippen LogP contribution in [0.1, 0.15) is 36.4 Å². The van der Waals surface area contributed by atoms with Crippen LogP contribution < -0.4 is 5.32 Å². The molecule has 30 heavy (non-hydrogen) atoms. The van der Waals surface area contributed by atoms with Gasteiger partial charge in [-0.2, -0.15) is 0 Å². The minimum Gasteiger partial charge on any atom is -0.463 e. The number of carbonyl (C=O) groups is 2. The van der Waals surface area contributed by atoms with Crippen molar-refractivity contribution in [1.29, 1.82) is 0 Å². The number of nitrogens with zero attached hydrogens (tertiary/aromatic N) is 2. The average Bonchev–Trinajstić information content (AvgIpc) is 3.37. The molecule has 4 heterocycles. The minimum atomic E-state index is -0.152. The van der Waals surface area contributed by atoms with Crippen LogP contribution in [0.4, 0.5) is 5.13 Å². The highest BCUT2D eigenvalue weighted by atomic mass is 32.1. The van der Waals surface area contributed by atoms with Crippen molar-refractivity contribution < 1.29 is 23.5 Å². The number of aromatic nitrogens is 1. The molecule has 0 aliphatic carbocycles. The lowest BCUT2D eigenvalue weighted by Crippen LogP contribution is -2.48. The Morgan fingerprint density at radius 2 is 1.97 bits per heavy atom. The highest BCUT2D eigenvalue weighted by molar-refractivity contribution is 7.18. The van der Waals surface area contributed by atoms with Crippen molar-refractivity contribution in [3.8, 4) is 11.5 Å². The quantitative estimate of drug-likeness (QED) is 0.700. The summed E-state index contributed by atoms with van der Waals surface area (Å²) in [6.45, 7) is 6.87. The Hall–Kier alpha value is -2.07. The molecule has 4 rings (SSSR count). The molecule has 2 saturated heterocycles. The van der Waals surface area contributed by atoms with Crippen LogP contribution in [-0.2, 0) is 14.3 Å². The molecule has 2 aliphatic rings. The highest BCUT2D eigenvalue weighted by Crippen LogP contribution is 2.35. The Kier molecular flexibility index (Phi) is 6.62. The molecule has 2 aliphatic heterocycles. The van der Waals surface area contributed by atoms with E-state index >= 15 is 0 Å². The predicted molar refractivity (Wildman–Crippen MR) is 113 cm³/mol. The molecule has 0 unspecified atom stereocenters. The first kappa shape index (κ1) is 21.2. The van der Waals surface area contributed by atoms with Crippen LogP contribution >= 0.6 is 11.3 Å². The van der Waals surface area contributed by atoms with Gasteiger partial charge in [0.05, 0.1) is 25.0 Å². The molecule has 2 aromatic heterocycles. The van der Waals surface area contributed by atoms with Gasteiger partial charge in [0.15, 0.2) is 16.7 Å². The van der Waals surface area contributed by atoms with Crippen molar-refractivity contribution in [2.45, 2.75) is 38.9 Å². The molecule has 0 radical (unpaired) electrons. The Balaban J connectivity index is 1.49. The molecule has 0 spiro atoms. The molecular formula is C21H27N3O5S. The monoisotopic (exact) mass is 433 g/mol. The number of ketones is 1. The maximum Gasteiger partial charge on any atom is 0.240 e. The summed E-state index contributed by atoms with van der Waals surface area (Å²) in [6, 6.07) is 3.54. The first-order valence-electron chi connectivity index (χ1n) is 10.3. The number of nitrogens with one attached hydrogen (secondary N) is 1. The van der Waals surface area contributed by atoms with Crippen LogP contribution in [0.25, 0.3) is 11.5 Å². The van der Waals surface area contributed by atoms with E-state index in [-0.39, 0.29) is 36.4 Å². The van der Waals surface area contributed by atoms with E-state index in [0.29, 0.717) is 60.6 Å². The van der Waals surface area contributed by atoms with Gasteiger partial charge >= 0.3 is 0 Å². The van der Waals surface area contributed by atoms with Gasteiger partial charge < -0.3 is 19.2 Å². The fourth-order valence-electron chi connectivity index (χ4n) is 4.04. The number of hydrogen-bond donors (Lipinski definition) is 1. The number of furan rings is 1. The van der Waals surface area contributed by atoms with Crippen molar-refractivity contribution in [1.82, 2.24) is 9.88 Å². The number of Topliss-reactive ketones (excluding diaryl/α,β-unsaturated/α-hetero) is 1. The van der Waals surface area contributed by atoms with Crippen molar-refractivity contribution in [2.75, 3.05) is 38.2 Å². The van der Waals surface area contributed by atoms with Crippen molar-refractivity contribution in [2.24, 2.45) is 5.92 Å². The smallest absolute Gasteiger partial charge is 0.240 e. The topological polar surface area (TPSA) is 93.9 Å². The Morgan fingerprint density at radius 1 is 1.23 bits per heavy atom. The second-order valence-corrected chi connectivity index (χ2v) is 8.92. The van der Waals surface area contributed by atoms with Crippen LogP contribution in [0.3, 0.4) is 0 Å². The van der Waals surface area contributed by atoms with E-state index in [4.69, 9.17) is 13.9 Å². The lowest BCUT2D eigenvalue weighted by Gasteiger charge is -2.34. The number of ether oxygens (including phenoxy) is 2. The van der Waals surface area contributed by atoms with Crippen LogP contribution in [0.15, 0.2) is 22.8 Å². The van der Waals surface area contributed by atoms with Gasteiger partial charge in [-0.25, -0.2) is 4.98 Å². The standard InChI is InChI=1S/C21H27N3O5S/c1-13-10-24(11-14(2)29-13)12-17(25)22-21-23-18(16-4-3-7-28-16)20(30-21)19(26)15-5-8-27-9-6-15/h3-4,7,13-15H,5-6,8-12H2,1-2H3,(H,22,23,25)/t13-,14+. The van der Waals surface area contributed by atoms with Gasteiger partial charge in [0.25, 0.3) is 0 Å². The van der Waals surface area contributed by atoms with E-state index in [9.17, 15) is 9.59 Å². The number of carbonyl (C=O) groups excluding carboxylic acids is 2. The van der Waals surface area contributed by atoms with Crippen LogP contribution in [0.2, 0.25) is 0 Å². The van der Waals surface area contributed by atoms with Gasteiger partial charge in [0.1, 0.15) is 10.6 Å². The molecule has 2 atom stereocenters. The maximum absolute atomic E-state index is 13.1. The fraction of sp³-hybridized carbons (Fsp3) is 0.571. The number of hydrogen-bond acceptors (Lipinski definition) is 8. The molecule has 0 bridgehead atoms. The Labute approximate surface area is 179 Å². The zero-order chi connectivity index (χ0) is 21.1. The van der Waals surface area contributed by atoms with Gasteiger partial charge in [-0.15, -0.1) is 0 Å². The Bertz CT molecular complexity index is 865. The minimum absolute atomic E-state index is 0.0403. The van der Waals surface area contributed by atoms with Crippen molar-refractivity contribution in [3.63, 3.8) is 0 Å². The zero-order valence-corrected chi connectivity index (χ0v) is 18.1. The van der Waals surface area contributed by atoms with E-state index < -0.39 is 0 Å². The summed E-state index contributed by atoms with van der Waals surface area (Å²) in [5.74, 6) is 0.324. The average molecular weight is 434 g/mol. The van der Waals surface area contributed by atoms with Gasteiger partial charge in [-0.05, 0) is 38.8 Å². The summed E-state index contributed by atoms with van der Waals surface area (Å²) >= 11 is 1.21. The number of amides is 1. The lowest BCUT2D eigenvalue weighted by atomic mass is 9.94. The van der Waals surface area contributed by atoms with Gasteiger partial charge in [0.2, 0.25) is 5.91 Å². The van der Waals surface area contributed by atoms with E-state index in [1.807, 2.05) is 13.8 Å². The molecule has 1 N–H and O–H groups in total. The highest BCUT2D eigenvalue weighted by Gasteiger charge is 2.30. The molecule has 8 nitrogen and oxygen atoms in total. The second-order valence-electron chi connectivity index (χ2n) is 7.92. The van der Waals surface area contributed by atoms with Gasteiger partial charge in [0, 0.05) is 32.2 Å². The van der Waals surface area contributed by atoms with Crippen molar-refractivity contribution >= 4 is 28.2 Å². The number of rotatable bonds is 6. The molecule has 2 fully saturated rings. The predicted octanol–water partition coefficient (Wildman–Crippen LogP) is 3.06. The molecule has 162 valence electrons. The van der Waals surface area contributed by atoms with Crippen LogP contribution in [0.5, 0.6) is 0 Å². The van der Waals surface area contributed by atoms with Gasteiger partial charge in [-0.1, -0.05) is 11.3 Å². The summed E-state index contributed by atoms with van der Waals surface area (Å²) in [5.41, 5.74) is 0.491. The molecule has 2 aromatic rings. The zero-order valence-electron chi connectivity index (χ0n) is 17.3. The van der Waals surface area contributed by atoms with Crippen LogP contribution in [0, 0.1) is 5.92 Å². The van der Waals surface area contributed by atoms with E-state index in [1.54, 1.807) is 18.4 Å². The van der Waals surface area contributed by atoms with Crippen LogP contribution in [-0.4, -0.2) is 66.6 Å². The molecule has 1 amide bonds. The SMILES string of the molecule is C[C@@H]1CN(CC(=O)Nc2nc(-c3ccco3)c(C(=O)C3CCOCC3)s2)C[C@H](C)O1. The third-order valence-corrected chi connectivity index (χ3v) is 6.29. The Morgan fingerprint density at radius 3 is 2.63 bits per heavy atom. The van der Waals surface area contributed by atoms with E-state index in [2.05, 4.69) is 15.2 Å². The molecular weight excluding hydrogens is 406 g/mol. The summed E-state index contributed by atoms with van der Waals surface area (Å²) < 4.78 is 16.6. The first-order valence-corrected chi connectivity index (χ1v) is 11.2. The lowest BCUT2D eigenvalue weighted by molar-refractivity contribution is -0.121. The third-order valence-electron chi connectivity index (χ3n) is 5.31. The number of anilines is 1. The second kappa shape index (κ2) is 9.38. The van der Waals surface area contributed by atoms with E-state index in [1.165, 1.54) is 11.3 Å². The third kappa shape index (κ3) is 4.97. The van der Waals surface area contributed by atoms with Gasteiger partial charge in [-0.3, -0.25) is 14.5 Å². The molecule has 0 aromatic carbocycles. The normalized spacial score (nSPS) is 23.4. The summed E-state index contributed by atoms with van der Waals surface area (Å²) in [7, 11) is 0. The summed E-state index contributed by atoms with van der Waals surface area (Å²) in [4.78, 5) is 32.9. The first-order chi connectivity index (χ1) is 14.5. The fourth-order valence-corrected chi connectivity index (χ4v) is 5.05. The molecule has 9 heteroatoms. The molecule has 0 saturated carbocycles. The maximum atomic E-state index is 13.1. The van der Waals surface area contributed by atoms with Crippen molar-refractivity contribution in [3.05, 3.63) is 23.3 Å². The largest absolute Gasteiger partial charge is 0.463 e. The number of thiazole rings is 1. The van der Waals surface area contributed by atoms with E-state index in [0.717, 1.165) is 0 Å². The summed E-state index contributed by atoms with van der Waals surface area (Å²) in [6.07, 6.45) is 3.13. The number of morpholine rings is 1. The summed E-state index contributed by atoms with van der Waals surface area (Å²) in [5, 5.41) is 3.28.